The summed E-state index contributed by atoms with van der Waals surface area (Å²) in [5, 5.41) is 9.94. The standard InChI is InChI=1S/C39H49ClN6O3/c1-37(2,3)49-36(47)46-16-11-28(12-17-46)24-44-26-39(27-44)13-18-45(19-14-39)35-42-15-10-33(43-35)25-48-34-8-6-30(7-9-34)38(4,5)31-20-29(23-41)21-32(40)22-31/h6-10,15,20-22,28H,11-14,16-19,24-27H2,1-5H3. The Morgan fingerprint density at radius 1 is 0.980 bits per heavy atom. The minimum Gasteiger partial charge on any atom is -0.487 e. The number of anilines is 1. The van der Waals surface area contributed by atoms with Crippen molar-refractivity contribution < 1.29 is 14.3 Å². The Labute approximate surface area is 296 Å². The Bertz CT molecular complexity index is 1660. The summed E-state index contributed by atoms with van der Waals surface area (Å²) < 4.78 is 11.7. The number of ether oxygens (including phenoxy) is 2. The van der Waals surface area contributed by atoms with Crippen LogP contribution in [0.15, 0.2) is 54.7 Å². The van der Waals surface area contributed by atoms with Crippen molar-refractivity contribution in [1.29, 1.82) is 5.26 Å². The third-order valence-electron chi connectivity index (χ3n) is 10.4. The fourth-order valence-electron chi connectivity index (χ4n) is 7.44. The molecule has 0 unspecified atom stereocenters. The molecule has 3 saturated heterocycles. The molecule has 6 rings (SSSR count). The van der Waals surface area contributed by atoms with Crippen molar-refractivity contribution in [2.24, 2.45) is 11.3 Å². The lowest BCUT2D eigenvalue weighted by Gasteiger charge is -2.55. The van der Waals surface area contributed by atoms with E-state index in [9.17, 15) is 10.1 Å². The van der Waals surface area contributed by atoms with Crippen LogP contribution in [0.4, 0.5) is 10.7 Å². The first-order valence-electron chi connectivity index (χ1n) is 17.5. The van der Waals surface area contributed by atoms with Crippen LogP contribution in [0, 0.1) is 22.7 Å². The van der Waals surface area contributed by atoms with Gasteiger partial charge in [0.15, 0.2) is 0 Å². The van der Waals surface area contributed by atoms with Gasteiger partial charge < -0.3 is 24.2 Å². The summed E-state index contributed by atoms with van der Waals surface area (Å²) in [5.41, 5.74) is 3.13. The maximum Gasteiger partial charge on any atom is 0.410 e. The second kappa shape index (κ2) is 14.2. The van der Waals surface area contributed by atoms with E-state index < -0.39 is 5.60 Å². The first-order chi connectivity index (χ1) is 23.3. The molecule has 0 saturated carbocycles. The van der Waals surface area contributed by atoms with Crippen molar-refractivity contribution in [1.82, 2.24) is 19.8 Å². The quantitative estimate of drug-likeness (QED) is 0.241. The van der Waals surface area contributed by atoms with Gasteiger partial charge in [0, 0.05) is 62.4 Å². The number of piperidine rings is 2. The Morgan fingerprint density at radius 3 is 2.33 bits per heavy atom. The van der Waals surface area contributed by atoms with Crippen LogP contribution in [0.1, 0.15) is 82.7 Å². The Kier molecular flexibility index (Phi) is 10.1. The molecule has 0 N–H and O–H groups in total. The molecule has 0 bridgehead atoms. The molecule has 1 spiro atoms. The minimum absolute atomic E-state index is 0.180. The Morgan fingerprint density at radius 2 is 1.67 bits per heavy atom. The number of hydrogen-bond acceptors (Lipinski definition) is 8. The van der Waals surface area contributed by atoms with E-state index in [4.69, 9.17) is 26.1 Å². The number of halogens is 1. The molecule has 49 heavy (non-hydrogen) atoms. The molecule has 0 aliphatic carbocycles. The zero-order valence-corrected chi connectivity index (χ0v) is 30.3. The topological polar surface area (TPSA) is 94.8 Å². The summed E-state index contributed by atoms with van der Waals surface area (Å²) in [5.74, 6) is 2.19. The lowest BCUT2D eigenvalue weighted by molar-refractivity contribution is -0.0341. The molecule has 260 valence electrons. The van der Waals surface area contributed by atoms with Gasteiger partial charge in [-0.1, -0.05) is 37.6 Å². The smallest absolute Gasteiger partial charge is 0.410 e. The summed E-state index contributed by atoms with van der Waals surface area (Å²) in [6.07, 6.45) is 6.05. The second-order valence-electron chi connectivity index (χ2n) is 15.7. The van der Waals surface area contributed by atoms with Gasteiger partial charge in [-0.2, -0.15) is 5.26 Å². The van der Waals surface area contributed by atoms with E-state index in [0.717, 1.165) is 100 Å². The van der Waals surface area contributed by atoms with Gasteiger partial charge in [-0.05, 0) is 105 Å². The first kappa shape index (κ1) is 35.0. The Hall–Kier alpha value is -3.87. The van der Waals surface area contributed by atoms with Gasteiger partial charge in [-0.25, -0.2) is 14.8 Å². The molecular weight excluding hydrogens is 636 g/mol. The SMILES string of the molecule is CC(C)(C)OC(=O)N1CCC(CN2CC3(CCN(c4nccc(COc5ccc(C(C)(C)c6cc(Cl)cc(C#N)c6)cc5)n4)CC3)C2)CC1. The third kappa shape index (κ3) is 8.48. The van der Waals surface area contributed by atoms with E-state index in [1.54, 1.807) is 6.07 Å². The van der Waals surface area contributed by atoms with Gasteiger partial charge in [0.2, 0.25) is 5.95 Å². The summed E-state index contributed by atoms with van der Waals surface area (Å²) in [7, 11) is 0. The zero-order chi connectivity index (χ0) is 34.8. The number of benzene rings is 2. The van der Waals surface area contributed by atoms with Crippen LogP contribution in [0.25, 0.3) is 0 Å². The van der Waals surface area contributed by atoms with Crippen molar-refractivity contribution in [3.05, 3.63) is 82.1 Å². The summed E-state index contributed by atoms with van der Waals surface area (Å²) in [6, 6.07) is 17.7. The van der Waals surface area contributed by atoms with Gasteiger partial charge in [0.1, 0.15) is 18.0 Å². The lowest BCUT2D eigenvalue weighted by atomic mass is 9.71. The van der Waals surface area contributed by atoms with E-state index in [-0.39, 0.29) is 11.5 Å². The van der Waals surface area contributed by atoms with Crippen molar-refractivity contribution >= 4 is 23.6 Å². The number of nitriles is 1. The molecule has 2 aromatic carbocycles. The number of rotatable bonds is 8. The normalized spacial score (nSPS) is 18.6. The largest absolute Gasteiger partial charge is 0.487 e. The third-order valence-corrected chi connectivity index (χ3v) is 10.6. The van der Waals surface area contributed by atoms with Crippen molar-refractivity contribution in [3.8, 4) is 11.8 Å². The fraction of sp³-hybridized carbons (Fsp3) is 0.538. The summed E-state index contributed by atoms with van der Waals surface area (Å²) in [6.45, 7) is 17.3. The van der Waals surface area contributed by atoms with Gasteiger partial charge in [0.05, 0.1) is 17.3 Å². The number of aromatic nitrogens is 2. The molecule has 1 amide bonds. The number of hydrogen-bond donors (Lipinski definition) is 0. The molecule has 3 aliphatic rings. The second-order valence-corrected chi connectivity index (χ2v) is 16.1. The molecule has 10 heteroatoms. The predicted octanol–water partition coefficient (Wildman–Crippen LogP) is 7.46. The van der Waals surface area contributed by atoms with Crippen LogP contribution in [-0.4, -0.2) is 77.3 Å². The van der Waals surface area contributed by atoms with E-state index in [1.807, 2.05) is 62.2 Å². The molecule has 3 aromatic rings. The lowest BCUT2D eigenvalue weighted by Crippen LogP contribution is -2.61. The van der Waals surface area contributed by atoms with E-state index >= 15 is 0 Å². The van der Waals surface area contributed by atoms with Gasteiger partial charge in [0.25, 0.3) is 0 Å². The monoisotopic (exact) mass is 684 g/mol. The van der Waals surface area contributed by atoms with Crippen molar-refractivity contribution in [3.63, 3.8) is 0 Å². The van der Waals surface area contributed by atoms with E-state index in [1.165, 1.54) is 0 Å². The van der Waals surface area contributed by atoms with Crippen LogP contribution >= 0.6 is 11.6 Å². The number of carbonyl (C=O) groups excluding carboxylic acids is 1. The highest BCUT2D eigenvalue weighted by molar-refractivity contribution is 6.30. The van der Waals surface area contributed by atoms with Crippen LogP contribution in [0.2, 0.25) is 5.02 Å². The van der Waals surface area contributed by atoms with Crippen LogP contribution in [-0.2, 0) is 16.8 Å². The summed E-state index contributed by atoms with van der Waals surface area (Å²) in [4.78, 5) is 28.7. The molecule has 0 atom stereocenters. The molecular formula is C39H49ClN6O3. The average Bonchev–Trinajstić information content (AvgIpc) is 3.06. The molecule has 4 heterocycles. The molecule has 0 radical (unpaired) electrons. The molecule has 3 aliphatic heterocycles. The van der Waals surface area contributed by atoms with Crippen LogP contribution in [0.5, 0.6) is 5.75 Å². The average molecular weight is 685 g/mol. The minimum atomic E-state index is -0.447. The van der Waals surface area contributed by atoms with E-state index in [0.29, 0.717) is 28.5 Å². The first-order valence-corrected chi connectivity index (χ1v) is 17.9. The number of nitrogens with zero attached hydrogens (tertiary/aromatic N) is 6. The maximum atomic E-state index is 12.4. The summed E-state index contributed by atoms with van der Waals surface area (Å²) >= 11 is 6.29. The molecule has 1 aromatic heterocycles. The number of amides is 1. The van der Waals surface area contributed by atoms with E-state index in [2.05, 4.69) is 46.8 Å². The fourth-order valence-corrected chi connectivity index (χ4v) is 7.68. The highest BCUT2D eigenvalue weighted by Crippen LogP contribution is 2.42. The highest BCUT2D eigenvalue weighted by Gasteiger charge is 2.45. The highest BCUT2D eigenvalue weighted by atomic mass is 35.5. The van der Waals surface area contributed by atoms with Crippen LogP contribution in [0.3, 0.4) is 0 Å². The van der Waals surface area contributed by atoms with Gasteiger partial charge in [-0.15, -0.1) is 0 Å². The Balaban J connectivity index is 0.946. The predicted molar refractivity (Wildman–Crippen MR) is 192 cm³/mol. The molecule has 9 nitrogen and oxygen atoms in total. The van der Waals surface area contributed by atoms with Crippen LogP contribution < -0.4 is 9.64 Å². The van der Waals surface area contributed by atoms with Gasteiger partial charge in [-0.3, -0.25) is 0 Å². The molecule has 3 fully saturated rings. The maximum absolute atomic E-state index is 12.4. The zero-order valence-electron chi connectivity index (χ0n) is 29.5. The van der Waals surface area contributed by atoms with Crippen molar-refractivity contribution in [2.45, 2.75) is 77.9 Å². The van der Waals surface area contributed by atoms with Crippen molar-refractivity contribution in [2.75, 3.05) is 50.7 Å². The van der Waals surface area contributed by atoms with Gasteiger partial charge >= 0.3 is 6.09 Å². The number of carbonyl (C=O) groups is 1. The number of likely N-dealkylation sites (tertiary alicyclic amines) is 2.